The molecule has 15 heavy (non-hydrogen) atoms. The number of ether oxygens (including phenoxy) is 1. The maximum Gasteiger partial charge on any atom is 0.127 e. The minimum atomic E-state index is -0.586. The van der Waals surface area contributed by atoms with Crippen molar-refractivity contribution in [2.24, 2.45) is 5.92 Å². The molecule has 0 rings (SSSR count). The van der Waals surface area contributed by atoms with Crippen molar-refractivity contribution in [1.82, 2.24) is 5.32 Å². The first-order valence-electron chi connectivity index (χ1n) is 5.61. The Morgan fingerprint density at radius 1 is 1.27 bits per heavy atom. The third-order valence-electron chi connectivity index (χ3n) is 2.43. The number of rotatable bonds is 6. The smallest absolute Gasteiger partial charge is 0.127 e. The average Bonchev–Trinajstić information content (AvgIpc) is 2.13. The van der Waals surface area contributed by atoms with Gasteiger partial charge in [-0.25, -0.2) is 0 Å². The molecule has 0 heterocycles. The van der Waals surface area contributed by atoms with Crippen LogP contribution in [0.2, 0.25) is 0 Å². The van der Waals surface area contributed by atoms with Gasteiger partial charge in [0.1, 0.15) is 5.54 Å². The summed E-state index contributed by atoms with van der Waals surface area (Å²) >= 11 is 0. The molecule has 2 unspecified atom stereocenters. The van der Waals surface area contributed by atoms with Crippen LogP contribution in [0.5, 0.6) is 0 Å². The molecule has 0 fully saturated rings. The molecular formula is C12H24N2O. The van der Waals surface area contributed by atoms with E-state index in [0.717, 1.165) is 0 Å². The number of hydrogen-bond acceptors (Lipinski definition) is 3. The van der Waals surface area contributed by atoms with Crippen LogP contribution in [0.25, 0.3) is 0 Å². The molecule has 0 amide bonds. The number of nitrogens with one attached hydrogen (secondary N) is 1. The number of nitrogens with zero attached hydrogens (tertiary/aromatic N) is 1. The first kappa shape index (κ1) is 14.4. The van der Waals surface area contributed by atoms with Crippen molar-refractivity contribution in [1.29, 1.82) is 5.26 Å². The number of nitriles is 1. The van der Waals surface area contributed by atoms with Crippen LogP contribution in [0.15, 0.2) is 0 Å². The minimum absolute atomic E-state index is 0.187. The molecule has 0 radical (unpaired) electrons. The second kappa shape index (κ2) is 6.09. The van der Waals surface area contributed by atoms with Gasteiger partial charge in [0.2, 0.25) is 0 Å². The Morgan fingerprint density at radius 3 is 2.13 bits per heavy atom. The lowest BCUT2D eigenvalue weighted by molar-refractivity contribution is 0.0107. The van der Waals surface area contributed by atoms with Gasteiger partial charge in [-0.3, -0.25) is 5.32 Å². The van der Waals surface area contributed by atoms with E-state index in [1.165, 1.54) is 0 Å². The molecule has 3 heteroatoms. The predicted molar refractivity (Wildman–Crippen MR) is 62.5 cm³/mol. The van der Waals surface area contributed by atoms with Crippen LogP contribution in [0.4, 0.5) is 0 Å². The molecule has 0 bridgehead atoms. The predicted octanol–water partition coefficient (Wildman–Crippen LogP) is 2.33. The van der Waals surface area contributed by atoms with Gasteiger partial charge in [-0.1, -0.05) is 13.8 Å². The van der Waals surface area contributed by atoms with Gasteiger partial charge in [-0.15, -0.1) is 0 Å². The van der Waals surface area contributed by atoms with E-state index in [1.807, 2.05) is 27.7 Å². The zero-order chi connectivity index (χ0) is 12.1. The van der Waals surface area contributed by atoms with Crippen LogP contribution in [0, 0.1) is 17.2 Å². The Morgan fingerprint density at radius 2 is 1.80 bits per heavy atom. The summed E-state index contributed by atoms with van der Waals surface area (Å²) in [6.45, 7) is 12.6. The molecule has 0 aromatic carbocycles. The van der Waals surface area contributed by atoms with Crippen LogP contribution >= 0.6 is 0 Å². The van der Waals surface area contributed by atoms with Gasteiger partial charge in [0.15, 0.2) is 0 Å². The first-order valence-corrected chi connectivity index (χ1v) is 5.61. The summed E-state index contributed by atoms with van der Waals surface area (Å²) in [7, 11) is 0. The second-order valence-electron chi connectivity index (χ2n) is 5.00. The van der Waals surface area contributed by atoms with Gasteiger partial charge in [0.25, 0.3) is 0 Å². The quantitative estimate of drug-likeness (QED) is 0.735. The van der Waals surface area contributed by atoms with Gasteiger partial charge in [0, 0.05) is 6.04 Å². The normalized spacial score (nSPS) is 17.5. The van der Waals surface area contributed by atoms with Crippen LogP contribution in [-0.2, 0) is 4.74 Å². The van der Waals surface area contributed by atoms with Crippen LogP contribution < -0.4 is 5.32 Å². The molecule has 2 atom stereocenters. The average molecular weight is 212 g/mol. The second-order valence-corrected chi connectivity index (χ2v) is 5.00. The monoisotopic (exact) mass is 212 g/mol. The van der Waals surface area contributed by atoms with E-state index in [4.69, 9.17) is 10.00 Å². The van der Waals surface area contributed by atoms with E-state index >= 15 is 0 Å². The summed E-state index contributed by atoms with van der Waals surface area (Å²) in [5, 5.41) is 12.3. The summed E-state index contributed by atoms with van der Waals surface area (Å²) < 4.78 is 5.68. The summed E-state index contributed by atoms with van der Waals surface area (Å²) in [6.07, 6.45) is 0.187. The van der Waals surface area contributed by atoms with Crippen molar-refractivity contribution in [3.63, 3.8) is 0 Å². The highest BCUT2D eigenvalue weighted by atomic mass is 16.5. The lowest BCUT2D eigenvalue weighted by Crippen LogP contribution is -2.49. The zero-order valence-electron chi connectivity index (χ0n) is 10.8. The Balaban J connectivity index is 4.16. The molecule has 0 saturated carbocycles. The van der Waals surface area contributed by atoms with E-state index in [-0.39, 0.29) is 12.1 Å². The molecule has 0 aliphatic rings. The lowest BCUT2D eigenvalue weighted by Gasteiger charge is -2.28. The Hall–Kier alpha value is -0.590. The fourth-order valence-corrected chi connectivity index (χ4v) is 1.23. The van der Waals surface area contributed by atoms with Crippen LogP contribution in [0.1, 0.15) is 41.5 Å². The highest BCUT2D eigenvalue weighted by molar-refractivity contribution is 5.04. The van der Waals surface area contributed by atoms with Crippen molar-refractivity contribution < 1.29 is 4.74 Å². The summed E-state index contributed by atoms with van der Waals surface area (Å²) in [5.74, 6) is 0.479. The molecular weight excluding hydrogens is 188 g/mol. The van der Waals surface area contributed by atoms with Crippen LogP contribution in [-0.4, -0.2) is 24.3 Å². The van der Waals surface area contributed by atoms with Gasteiger partial charge < -0.3 is 4.74 Å². The van der Waals surface area contributed by atoms with E-state index < -0.39 is 5.54 Å². The van der Waals surface area contributed by atoms with E-state index in [2.05, 4.69) is 25.2 Å². The zero-order valence-corrected chi connectivity index (χ0v) is 10.8. The van der Waals surface area contributed by atoms with Crippen molar-refractivity contribution in [3.05, 3.63) is 0 Å². The van der Waals surface area contributed by atoms with Gasteiger partial charge in [-0.05, 0) is 33.6 Å². The van der Waals surface area contributed by atoms with E-state index in [0.29, 0.717) is 12.5 Å². The maximum absolute atomic E-state index is 9.09. The maximum atomic E-state index is 9.09. The Labute approximate surface area is 93.8 Å². The van der Waals surface area contributed by atoms with E-state index in [9.17, 15) is 0 Å². The van der Waals surface area contributed by atoms with Crippen molar-refractivity contribution >= 4 is 0 Å². The molecule has 1 N–H and O–H groups in total. The SMILES string of the molecule is CC(C)NC(C)(C#N)COC(C)C(C)C. The molecule has 3 nitrogen and oxygen atoms in total. The Bertz CT molecular complexity index is 220. The van der Waals surface area contributed by atoms with Crippen molar-refractivity contribution in [3.8, 4) is 6.07 Å². The van der Waals surface area contributed by atoms with Gasteiger partial charge in [0.05, 0.1) is 18.8 Å². The summed E-state index contributed by atoms with van der Waals surface area (Å²) in [4.78, 5) is 0. The first-order chi connectivity index (χ1) is 6.80. The highest BCUT2D eigenvalue weighted by Crippen LogP contribution is 2.10. The molecule has 0 aromatic rings. The fraction of sp³-hybridized carbons (Fsp3) is 0.917. The standard InChI is InChI=1S/C12H24N2O/c1-9(2)11(5)15-8-12(6,7-13)14-10(3)4/h9-11,14H,8H2,1-6H3. The summed E-state index contributed by atoms with van der Waals surface area (Å²) in [6, 6.07) is 2.55. The van der Waals surface area contributed by atoms with Crippen LogP contribution in [0.3, 0.4) is 0 Å². The lowest BCUT2D eigenvalue weighted by atomic mass is 10.0. The molecule has 88 valence electrons. The largest absolute Gasteiger partial charge is 0.375 e. The topological polar surface area (TPSA) is 45.0 Å². The van der Waals surface area contributed by atoms with Crippen molar-refractivity contribution in [2.45, 2.75) is 59.2 Å². The highest BCUT2D eigenvalue weighted by Gasteiger charge is 2.26. The Kier molecular flexibility index (Phi) is 5.85. The third-order valence-corrected chi connectivity index (χ3v) is 2.43. The third kappa shape index (κ3) is 5.76. The minimum Gasteiger partial charge on any atom is -0.375 e. The molecule has 0 saturated heterocycles. The molecule has 0 aliphatic carbocycles. The van der Waals surface area contributed by atoms with Crippen molar-refractivity contribution in [2.75, 3.05) is 6.61 Å². The van der Waals surface area contributed by atoms with Gasteiger partial charge in [-0.2, -0.15) is 5.26 Å². The van der Waals surface area contributed by atoms with E-state index in [1.54, 1.807) is 0 Å². The summed E-state index contributed by atoms with van der Waals surface area (Å²) in [5.41, 5.74) is -0.586. The molecule has 0 aromatic heterocycles. The molecule has 0 spiro atoms. The number of hydrogen-bond donors (Lipinski definition) is 1. The fourth-order valence-electron chi connectivity index (χ4n) is 1.23. The van der Waals surface area contributed by atoms with Gasteiger partial charge >= 0.3 is 0 Å². The molecule has 0 aliphatic heterocycles.